The van der Waals surface area contributed by atoms with Crippen molar-refractivity contribution in [1.82, 2.24) is 5.32 Å². The molecule has 2 aliphatic heterocycles. The van der Waals surface area contributed by atoms with E-state index in [4.69, 9.17) is 9.47 Å². The van der Waals surface area contributed by atoms with Gasteiger partial charge in [0, 0.05) is 32.0 Å². The quantitative estimate of drug-likeness (QED) is 0.804. The highest BCUT2D eigenvalue weighted by molar-refractivity contribution is 5.70. The van der Waals surface area contributed by atoms with Crippen LogP contribution in [0.15, 0.2) is 0 Å². The number of piperidine rings is 1. The molecule has 3 aliphatic rings. The Hall–Kier alpha value is -0.610. The summed E-state index contributed by atoms with van der Waals surface area (Å²) < 4.78 is 11.1. The van der Waals surface area contributed by atoms with Gasteiger partial charge in [-0.05, 0) is 50.9 Å². The largest absolute Gasteiger partial charge is 0.462 e. The molecule has 1 N–H and O–H groups in total. The molecular formula is C16H27NO3. The monoisotopic (exact) mass is 281 g/mol. The van der Waals surface area contributed by atoms with Crippen LogP contribution in [0.4, 0.5) is 0 Å². The molecule has 0 amide bonds. The van der Waals surface area contributed by atoms with E-state index in [0.717, 1.165) is 38.5 Å². The van der Waals surface area contributed by atoms with Gasteiger partial charge in [-0.15, -0.1) is 0 Å². The molecule has 4 atom stereocenters. The number of carbonyl (C=O) groups is 1. The standard InChI is InChI=1S/C16H27NO3/c1-19-14-3-2-4-15(10-14)20-16(18)9-11-7-12-5-6-13(8-11)17-12/h11-15,17H,2-10H2,1H3. The van der Waals surface area contributed by atoms with Gasteiger partial charge < -0.3 is 14.8 Å². The molecule has 2 bridgehead atoms. The summed E-state index contributed by atoms with van der Waals surface area (Å²) in [5.41, 5.74) is 0. The smallest absolute Gasteiger partial charge is 0.306 e. The Balaban J connectivity index is 1.43. The van der Waals surface area contributed by atoms with Crippen molar-refractivity contribution in [1.29, 1.82) is 0 Å². The van der Waals surface area contributed by atoms with Gasteiger partial charge in [0.15, 0.2) is 0 Å². The molecule has 20 heavy (non-hydrogen) atoms. The Labute approximate surface area is 121 Å². The molecule has 0 aromatic heterocycles. The van der Waals surface area contributed by atoms with Crippen molar-refractivity contribution in [3.63, 3.8) is 0 Å². The topological polar surface area (TPSA) is 47.6 Å². The van der Waals surface area contributed by atoms with Crippen molar-refractivity contribution in [3.05, 3.63) is 0 Å². The Morgan fingerprint density at radius 1 is 1.05 bits per heavy atom. The Bertz CT molecular complexity index is 335. The van der Waals surface area contributed by atoms with Crippen LogP contribution in [0, 0.1) is 5.92 Å². The molecule has 1 aliphatic carbocycles. The SMILES string of the molecule is COC1CCCC(OC(=O)CC2CC3CCC(C2)N3)C1. The van der Waals surface area contributed by atoms with E-state index in [9.17, 15) is 4.79 Å². The van der Waals surface area contributed by atoms with Gasteiger partial charge in [-0.2, -0.15) is 0 Å². The zero-order valence-corrected chi connectivity index (χ0v) is 12.5. The average Bonchev–Trinajstić information content (AvgIpc) is 2.78. The van der Waals surface area contributed by atoms with Gasteiger partial charge in [-0.1, -0.05) is 0 Å². The second-order valence-corrected chi connectivity index (χ2v) is 6.82. The molecule has 2 heterocycles. The molecule has 3 rings (SSSR count). The first-order valence-corrected chi connectivity index (χ1v) is 8.21. The van der Waals surface area contributed by atoms with Crippen LogP contribution < -0.4 is 5.32 Å². The number of rotatable bonds is 4. The first-order valence-electron chi connectivity index (χ1n) is 8.21. The van der Waals surface area contributed by atoms with Gasteiger partial charge in [0.1, 0.15) is 6.10 Å². The first-order chi connectivity index (χ1) is 9.72. The minimum atomic E-state index is 0.0121. The number of nitrogens with one attached hydrogen (secondary N) is 1. The second kappa shape index (κ2) is 6.44. The lowest BCUT2D eigenvalue weighted by atomic mass is 9.89. The number of fused-ring (bicyclic) bond motifs is 2. The van der Waals surface area contributed by atoms with Crippen LogP contribution in [-0.4, -0.2) is 37.4 Å². The summed E-state index contributed by atoms with van der Waals surface area (Å²) in [6.07, 6.45) is 9.93. The summed E-state index contributed by atoms with van der Waals surface area (Å²) in [5.74, 6) is 0.543. The molecular weight excluding hydrogens is 254 g/mol. The molecule has 4 heteroatoms. The van der Waals surface area contributed by atoms with Crippen LogP contribution in [-0.2, 0) is 14.3 Å². The molecule has 0 spiro atoms. The fraction of sp³-hybridized carbons (Fsp3) is 0.938. The molecule has 2 saturated heterocycles. The van der Waals surface area contributed by atoms with Crippen LogP contribution in [0.2, 0.25) is 0 Å². The average molecular weight is 281 g/mol. The van der Waals surface area contributed by atoms with Crippen LogP contribution in [0.1, 0.15) is 57.8 Å². The molecule has 4 nitrogen and oxygen atoms in total. The summed E-state index contributed by atoms with van der Waals surface area (Å²) in [5, 5.41) is 3.62. The second-order valence-electron chi connectivity index (χ2n) is 6.82. The third-order valence-corrected chi connectivity index (χ3v) is 5.24. The van der Waals surface area contributed by atoms with E-state index in [0.29, 0.717) is 24.4 Å². The van der Waals surface area contributed by atoms with Gasteiger partial charge in [-0.3, -0.25) is 4.79 Å². The Morgan fingerprint density at radius 2 is 1.75 bits per heavy atom. The fourth-order valence-corrected chi connectivity index (χ4v) is 4.23. The number of methoxy groups -OCH3 is 1. The highest BCUT2D eigenvalue weighted by atomic mass is 16.5. The summed E-state index contributed by atoms with van der Waals surface area (Å²) in [6, 6.07) is 1.30. The molecule has 3 fully saturated rings. The summed E-state index contributed by atoms with van der Waals surface area (Å²) in [6.45, 7) is 0. The molecule has 4 unspecified atom stereocenters. The van der Waals surface area contributed by atoms with E-state index < -0.39 is 0 Å². The lowest BCUT2D eigenvalue weighted by Gasteiger charge is -2.30. The molecule has 0 aromatic carbocycles. The minimum absolute atomic E-state index is 0.0121. The number of hydrogen-bond donors (Lipinski definition) is 1. The van der Waals surface area contributed by atoms with Crippen molar-refractivity contribution < 1.29 is 14.3 Å². The van der Waals surface area contributed by atoms with E-state index in [1.54, 1.807) is 7.11 Å². The highest BCUT2D eigenvalue weighted by Gasteiger charge is 2.35. The van der Waals surface area contributed by atoms with E-state index >= 15 is 0 Å². The zero-order chi connectivity index (χ0) is 13.9. The van der Waals surface area contributed by atoms with Crippen molar-refractivity contribution in [2.75, 3.05) is 7.11 Å². The van der Waals surface area contributed by atoms with E-state index in [-0.39, 0.29) is 18.2 Å². The first kappa shape index (κ1) is 14.3. The predicted molar refractivity (Wildman–Crippen MR) is 76.4 cm³/mol. The minimum Gasteiger partial charge on any atom is -0.462 e. The maximum absolute atomic E-state index is 12.1. The molecule has 1 saturated carbocycles. The normalized spacial score (nSPS) is 40.5. The third-order valence-electron chi connectivity index (χ3n) is 5.24. The van der Waals surface area contributed by atoms with Crippen molar-refractivity contribution in [3.8, 4) is 0 Å². The van der Waals surface area contributed by atoms with Crippen LogP contribution in [0.3, 0.4) is 0 Å². The Morgan fingerprint density at radius 3 is 2.45 bits per heavy atom. The lowest BCUT2D eigenvalue weighted by molar-refractivity contribution is -0.154. The van der Waals surface area contributed by atoms with Gasteiger partial charge in [-0.25, -0.2) is 0 Å². The third kappa shape index (κ3) is 3.53. The Kier molecular flexibility index (Phi) is 4.61. The maximum Gasteiger partial charge on any atom is 0.306 e. The zero-order valence-electron chi connectivity index (χ0n) is 12.5. The highest BCUT2D eigenvalue weighted by Crippen LogP contribution is 2.33. The van der Waals surface area contributed by atoms with Gasteiger partial charge >= 0.3 is 5.97 Å². The lowest BCUT2D eigenvalue weighted by Crippen LogP contribution is -2.39. The van der Waals surface area contributed by atoms with Gasteiger partial charge in [0.25, 0.3) is 0 Å². The van der Waals surface area contributed by atoms with Crippen molar-refractivity contribution in [2.24, 2.45) is 5.92 Å². The fourth-order valence-electron chi connectivity index (χ4n) is 4.23. The number of ether oxygens (including phenoxy) is 2. The number of esters is 1. The van der Waals surface area contributed by atoms with E-state index in [1.165, 1.54) is 12.8 Å². The molecule has 0 radical (unpaired) electrons. The molecule has 114 valence electrons. The van der Waals surface area contributed by atoms with Crippen LogP contribution in [0.25, 0.3) is 0 Å². The van der Waals surface area contributed by atoms with E-state index in [1.807, 2.05) is 0 Å². The van der Waals surface area contributed by atoms with Gasteiger partial charge in [0.2, 0.25) is 0 Å². The molecule has 0 aromatic rings. The maximum atomic E-state index is 12.1. The van der Waals surface area contributed by atoms with Crippen molar-refractivity contribution >= 4 is 5.97 Å². The van der Waals surface area contributed by atoms with E-state index in [2.05, 4.69) is 5.32 Å². The van der Waals surface area contributed by atoms with Crippen molar-refractivity contribution in [2.45, 2.75) is 82.1 Å². The summed E-state index contributed by atoms with van der Waals surface area (Å²) >= 11 is 0. The number of carbonyl (C=O) groups excluding carboxylic acids is 1. The number of hydrogen-bond acceptors (Lipinski definition) is 4. The predicted octanol–water partition coefficient (Wildman–Crippen LogP) is 2.41. The summed E-state index contributed by atoms with van der Waals surface area (Å²) in [7, 11) is 1.75. The van der Waals surface area contributed by atoms with Crippen LogP contribution >= 0.6 is 0 Å². The summed E-state index contributed by atoms with van der Waals surface area (Å²) in [4.78, 5) is 12.1. The van der Waals surface area contributed by atoms with Crippen LogP contribution in [0.5, 0.6) is 0 Å². The van der Waals surface area contributed by atoms with Gasteiger partial charge in [0.05, 0.1) is 6.10 Å².